The summed E-state index contributed by atoms with van der Waals surface area (Å²) in [7, 11) is 3.33. The van der Waals surface area contributed by atoms with Gasteiger partial charge in [-0.15, -0.1) is 24.8 Å². The van der Waals surface area contributed by atoms with Crippen molar-refractivity contribution in [3.05, 3.63) is 18.2 Å². The normalized spacial score (nSPS) is 23.5. The van der Waals surface area contributed by atoms with E-state index < -0.39 is 0 Å². The van der Waals surface area contributed by atoms with Gasteiger partial charge in [0.1, 0.15) is 11.5 Å². The van der Waals surface area contributed by atoms with Crippen molar-refractivity contribution >= 4 is 36.4 Å². The number of halogens is 2. The zero-order valence-corrected chi connectivity index (χ0v) is 18.3. The van der Waals surface area contributed by atoms with Crippen LogP contribution in [0.25, 0.3) is 0 Å². The molecule has 1 aromatic rings. The molecular weight excluding hydrogens is 401 g/mol. The summed E-state index contributed by atoms with van der Waals surface area (Å²) in [5.74, 6) is 2.73. The van der Waals surface area contributed by atoms with E-state index in [1.54, 1.807) is 14.2 Å². The summed E-state index contributed by atoms with van der Waals surface area (Å²) in [6, 6.07) is 5.95. The van der Waals surface area contributed by atoms with Crippen molar-refractivity contribution < 1.29 is 14.3 Å². The molecule has 28 heavy (non-hydrogen) atoms. The van der Waals surface area contributed by atoms with Gasteiger partial charge in [-0.3, -0.25) is 4.79 Å². The number of benzene rings is 1. The predicted molar refractivity (Wildman–Crippen MR) is 117 cm³/mol. The van der Waals surface area contributed by atoms with E-state index in [-0.39, 0.29) is 36.6 Å². The molecule has 1 saturated carbocycles. The van der Waals surface area contributed by atoms with Crippen molar-refractivity contribution in [2.24, 2.45) is 23.5 Å². The van der Waals surface area contributed by atoms with E-state index in [1.165, 1.54) is 0 Å². The molecule has 0 bridgehead atoms. The molecule has 1 amide bonds. The average molecular weight is 434 g/mol. The fraction of sp³-hybridized carbons (Fsp3) is 0.650. The Morgan fingerprint density at radius 3 is 2.43 bits per heavy atom. The number of ether oxygens (including phenoxy) is 2. The first-order valence-corrected chi connectivity index (χ1v) is 9.60. The Balaban J connectivity index is 0.00000196. The first kappa shape index (κ1) is 24.7. The van der Waals surface area contributed by atoms with E-state index in [9.17, 15) is 4.79 Å². The molecule has 3 atom stereocenters. The summed E-state index contributed by atoms with van der Waals surface area (Å²) in [5.41, 5.74) is 6.91. The van der Waals surface area contributed by atoms with Crippen LogP contribution in [0.3, 0.4) is 0 Å². The molecule has 2 fully saturated rings. The van der Waals surface area contributed by atoms with Crippen molar-refractivity contribution in [1.82, 2.24) is 5.32 Å². The summed E-state index contributed by atoms with van der Waals surface area (Å²) < 4.78 is 10.7. The van der Waals surface area contributed by atoms with Crippen LogP contribution in [0.5, 0.6) is 11.5 Å². The number of hydrogen-bond donors (Lipinski definition) is 2. The highest BCUT2D eigenvalue weighted by atomic mass is 35.5. The van der Waals surface area contributed by atoms with E-state index in [4.69, 9.17) is 15.2 Å². The summed E-state index contributed by atoms with van der Waals surface area (Å²) >= 11 is 0. The molecular formula is C20H33Cl2N3O3. The smallest absolute Gasteiger partial charge is 0.223 e. The number of anilines is 1. The third-order valence-corrected chi connectivity index (χ3v) is 5.85. The van der Waals surface area contributed by atoms with E-state index in [0.29, 0.717) is 18.4 Å². The number of hydrogen-bond acceptors (Lipinski definition) is 5. The highest BCUT2D eigenvalue weighted by molar-refractivity contribution is 5.85. The lowest BCUT2D eigenvalue weighted by atomic mass is 9.95. The SMILES string of the molecule is COc1cc(OC)cc(N2CCC(CNC(=O)[C@@H]3CCC[C@@H]3CN)C2)c1.Cl.Cl. The zero-order chi connectivity index (χ0) is 18.5. The second kappa shape index (κ2) is 11.6. The minimum absolute atomic E-state index is 0. The van der Waals surface area contributed by atoms with Gasteiger partial charge in [-0.25, -0.2) is 0 Å². The fourth-order valence-electron chi connectivity index (χ4n) is 4.25. The minimum atomic E-state index is 0. The number of rotatable bonds is 7. The second-order valence-electron chi connectivity index (χ2n) is 7.45. The lowest BCUT2D eigenvalue weighted by Gasteiger charge is -2.21. The molecule has 1 saturated heterocycles. The van der Waals surface area contributed by atoms with Crippen LogP contribution < -0.4 is 25.4 Å². The third-order valence-electron chi connectivity index (χ3n) is 5.85. The van der Waals surface area contributed by atoms with Crippen LogP contribution in [0.2, 0.25) is 0 Å². The summed E-state index contributed by atoms with van der Waals surface area (Å²) in [5, 5.41) is 3.18. The van der Waals surface area contributed by atoms with Crippen LogP contribution in [0, 0.1) is 17.8 Å². The molecule has 1 heterocycles. The van der Waals surface area contributed by atoms with Gasteiger partial charge in [-0.05, 0) is 37.6 Å². The molecule has 1 unspecified atom stereocenters. The number of amides is 1. The van der Waals surface area contributed by atoms with Crippen molar-refractivity contribution in [3.63, 3.8) is 0 Å². The lowest BCUT2D eigenvalue weighted by Crippen LogP contribution is -2.38. The molecule has 0 spiro atoms. The number of methoxy groups -OCH3 is 2. The average Bonchev–Trinajstić information content (AvgIpc) is 3.34. The standard InChI is InChI=1S/C20H31N3O3.2ClH/c1-25-17-8-16(9-18(10-17)26-2)23-7-6-14(13-23)12-22-20(24)19-5-3-4-15(19)11-21;;/h8-10,14-15,19H,3-7,11-13,21H2,1-2H3,(H,22,24);2*1H/t14?,15-,19-;;/m1../s1. The molecule has 1 aliphatic heterocycles. The third kappa shape index (κ3) is 5.82. The van der Waals surface area contributed by atoms with Gasteiger partial charge in [0.05, 0.1) is 14.2 Å². The maximum atomic E-state index is 12.5. The van der Waals surface area contributed by atoms with Crippen molar-refractivity contribution in [1.29, 1.82) is 0 Å². The Labute approximate surface area is 180 Å². The molecule has 3 rings (SSSR count). The van der Waals surface area contributed by atoms with Crippen LogP contribution in [0.1, 0.15) is 25.7 Å². The maximum absolute atomic E-state index is 12.5. The van der Waals surface area contributed by atoms with Gasteiger partial charge in [0.2, 0.25) is 5.91 Å². The number of nitrogens with two attached hydrogens (primary N) is 1. The van der Waals surface area contributed by atoms with Crippen LogP contribution in [-0.4, -0.2) is 46.3 Å². The van der Waals surface area contributed by atoms with E-state index >= 15 is 0 Å². The van der Waals surface area contributed by atoms with Crippen LogP contribution in [0.4, 0.5) is 5.69 Å². The fourth-order valence-corrected chi connectivity index (χ4v) is 4.25. The van der Waals surface area contributed by atoms with Gasteiger partial charge in [-0.1, -0.05) is 6.42 Å². The molecule has 2 aliphatic rings. The van der Waals surface area contributed by atoms with Gasteiger partial charge >= 0.3 is 0 Å². The molecule has 160 valence electrons. The Kier molecular flexibility index (Phi) is 10.2. The van der Waals surface area contributed by atoms with E-state index in [0.717, 1.165) is 62.5 Å². The quantitative estimate of drug-likeness (QED) is 0.690. The van der Waals surface area contributed by atoms with E-state index in [2.05, 4.69) is 10.2 Å². The molecule has 3 N–H and O–H groups in total. The topological polar surface area (TPSA) is 76.8 Å². The largest absolute Gasteiger partial charge is 0.497 e. The van der Waals surface area contributed by atoms with E-state index in [1.807, 2.05) is 18.2 Å². The first-order valence-electron chi connectivity index (χ1n) is 9.60. The highest BCUT2D eigenvalue weighted by Crippen LogP contribution is 2.32. The zero-order valence-electron chi connectivity index (χ0n) is 16.7. The number of carbonyl (C=O) groups excluding carboxylic acids is 1. The van der Waals surface area contributed by atoms with Crippen LogP contribution >= 0.6 is 24.8 Å². The summed E-state index contributed by atoms with van der Waals surface area (Å²) in [6.07, 6.45) is 4.26. The second-order valence-corrected chi connectivity index (χ2v) is 7.45. The van der Waals surface area contributed by atoms with Crippen molar-refractivity contribution in [2.45, 2.75) is 25.7 Å². The Morgan fingerprint density at radius 1 is 1.14 bits per heavy atom. The maximum Gasteiger partial charge on any atom is 0.223 e. The monoisotopic (exact) mass is 433 g/mol. The Bertz CT molecular complexity index is 610. The molecule has 0 aromatic heterocycles. The molecule has 1 aliphatic carbocycles. The van der Waals surface area contributed by atoms with Gasteiger partial charge in [0.15, 0.2) is 0 Å². The molecule has 0 radical (unpaired) electrons. The number of nitrogens with zero attached hydrogens (tertiary/aromatic N) is 1. The summed E-state index contributed by atoms with van der Waals surface area (Å²) in [4.78, 5) is 14.8. The Hall–Kier alpha value is -1.37. The van der Waals surface area contributed by atoms with Crippen LogP contribution in [-0.2, 0) is 4.79 Å². The molecule has 1 aromatic carbocycles. The highest BCUT2D eigenvalue weighted by Gasteiger charge is 2.32. The molecule has 6 nitrogen and oxygen atoms in total. The number of carbonyl (C=O) groups is 1. The Morgan fingerprint density at radius 2 is 1.82 bits per heavy atom. The van der Waals surface area contributed by atoms with Crippen molar-refractivity contribution in [3.8, 4) is 11.5 Å². The van der Waals surface area contributed by atoms with Gasteiger partial charge < -0.3 is 25.4 Å². The van der Waals surface area contributed by atoms with Crippen LogP contribution in [0.15, 0.2) is 18.2 Å². The molecule has 8 heteroatoms. The van der Waals surface area contributed by atoms with Gasteiger partial charge in [0, 0.05) is 49.4 Å². The van der Waals surface area contributed by atoms with Gasteiger partial charge in [-0.2, -0.15) is 0 Å². The minimum Gasteiger partial charge on any atom is -0.497 e. The predicted octanol–water partition coefficient (Wildman–Crippen LogP) is 2.86. The lowest BCUT2D eigenvalue weighted by molar-refractivity contribution is -0.126. The van der Waals surface area contributed by atoms with Gasteiger partial charge in [0.25, 0.3) is 0 Å². The summed E-state index contributed by atoms with van der Waals surface area (Å²) in [6.45, 7) is 3.27. The number of nitrogens with one attached hydrogen (secondary N) is 1. The first-order chi connectivity index (χ1) is 12.6. The van der Waals surface area contributed by atoms with Crippen molar-refractivity contribution in [2.75, 3.05) is 45.3 Å².